The van der Waals surface area contributed by atoms with E-state index in [9.17, 15) is 9.59 Å². The zero-order valence-corrected chi connectivity index (χ0v) is 12.0. The van der Waals surface area contributed by atoms with Gasteiger partial charge in [-0.25, -0.2) is 9.97 Å². The van der Waals surface area contributed by atoms with Gasteiger partial charge in [-0.05, 0) is 18.3 Å². The van der Waals surface area contributed by atoms with Crippen LogP contribution >= 0.6 is 0 Å². The smallest absolute Gasteiger partial charge is 0.291 e. The Kier molecular flexibility index (Phi) is 3.48. The molecule has 0 unspecified atom stereocenters. The summed E-state index contributed by atoms with van der Waals surface area (Å²) in [4.78, 5) is 33.6. The monoisotopic (exact) mass is 290 g/mol. The quantitative estimate of drug-likeness (QED) is 0.842. The Balaban J connectivity index is 1.63. The van der Waals surface area contributed by atoms with Crippen molar-refractivity contribution in [3.05, 3.63) is 18.2 Å². The third kappa shape index (κ3) is 2.68. The first kappa shape index (κ1) is 13.8. The lowest BCUT2D eigenvalue weighted by atomic mass is 9.77. The lowest BCUT2D eigenvalue weighted by Gasteiger charge is -2.37. The van der Waals surface area contributed by atoms with E-state index in [-0.39, 0.29) is 23.1 Å². The third-order valence-corrected chi connectivity index (χ3v) is 4.36. The number of carbonyl (C=O) groups is 2. The molecule has 7 nitrogen and oxygen atoms in total. The molecule has 2 saturated heterocycles. The van der Waals surface area contributed by atoms with Gasteiger partial charge in [0.25, 0.3) is 5.91 Å². The molecule has 112 valence electrons. The summed E-state index contributed by atoms with van der Waals surface area (Å²) in [6.07, 6.45) is 5.24. The van der Waals surface area contributed by atoms with Crippen LogP contribution in [0.1, 0.15) is 29.9 Å². The SMILES string of the molecule is COc1cnc(C(=O)N2CCC3(CC2)CNC(=O)C3)nc1. The molecule has 1 aromatic heterocycles. The van der Waals surface area contributed by atoms with Gasteiger partial charge in [-0.15, -0.1) is 0 Å². The van der Waals surface area contributed by atoms with Crippen molar-refractivity contribution in [2.75, 3.05) is 26.7 Å². The van der Waals surface area contributed by atoms with Gasteiger partial charge < -0.3 is 15.0 Å². The topological polar surface area (TPSA) is 84.4 Å². The lowest BCUT2D eigenvalue weighted by Crippen LogP contribution is -2.44. The molecule has 2 aliphatic rings. The van der Waals surface area contributed by atoms with Crippen LogP contribution in [0.5, 0.6) is 5.75 Å². The van der Waals surface area contributed by atoms with Gasteiger partial charge in [-0.1, -0.05) is 0 Å². The number of likely N-dealkylation sites (tertiary alicyclic amines) is 1. The van der Waals surface area contributed by atoms with Crippen molar-refractivity contribution in [1.29, 1.82) is 0 Å². The summed E-state index contributed by atoms with van der Waals surface area (Å²) in [5.41, 5.74) is 0.0363. The molecule has 0 aliphatic carbocycles. The summed E-state index contributed by atoms with van der Waals surface area (Å²) in [5.74, 6) is 0.671. The van der Waals surface area contributed by atoms with E-state index >= 15 is 0 Å². The zero-order valence-electron chi connectivity index (χ0n) is 12.0. The van der Waals surface area contributed by atoms with E-state index in [1.807, 2.05) is 0 Å². The highest BCUT2D eigenvalue weighted by Gasteiger charge is 2.41. The number of aromatic nitrogens is 2. The van der Waals surface area contributed by atoms with E-state index in [2.05, 4.69) is 15.3 Å². The molecular formula is C14H18N4O3. The first-order chi connectivity index (χ1) is 10.1. The van der Waals surface area contributed by atoms with Crippen LogP contribution in [0, 0.1) is 5.41 Å². The highest BCUT2D eigenvalue weighted by Crippen LogP contribution is 2.37. The standard InChI is InChI=1S/C14H18N4O3/c1-21-10-7-15-12(16-8-10)13(20)18-4-2-14(3-5-18)6-11(19)17-9-14/h7-8H,2-6,9H2,1H3,(H,17,19). The van der Waals surface area contributed by atoms with Crippen LogP contribution in [-0.4, -0.2) is 53.4 Å². The number of hydrogen-bond acceptors (Lipinski definition) is 5. The number of hydrogen-bond donors (Lipinski definition) is 1. The van der Waals surface area contributed by atoms with Gasteiger partial charge in [0.05, 0.1) is 19.5 Å². The molecule has 3 heterocycles. The second-order valence-corrected chi connectivity index (χ2v) is 5.69. The molecule has 2 amide bonds. The summed E-state index contributed by atoms with van der Waals surface area (Å²) in [5, 5.41) is 2.89. The molecule has 2 fully saturated rings. The summed E-state index contributed by atoms with van der Waals surface area (Å²) >= 11 is 0. The minimum absolute atomic E-state index is 0.0363. The number of amides is 2. The van der Waals surface area contributed by atoms with Gasteiger partial charge >= 0.3 is 0 Å². The fourth-order valence-electron chi connectivity index (χ4n) is 2.96. The number of nitrogens with one attached hydrogen (secondary N) is 1. The van der Waals surface area contributed by atoms with Crippen LogP contribution in [-0.2, 0) is 4.79 Å². The fraction of sp³-hybridized carbons (Fsp3) is 0.571. The van der Waals surface area contributed by atoms with Gasteiger partial charge in [0.2, 0.25) is 11.7 Å². The second kappa shape index (κ2) is 5.31. The number of nitrogens with zero attached hydrogens (tertiary/aromatic N) is 3. The maximum Gasteiger partial charge on any atom is 0.291 e. The van der Waals surface area contributed by atoms with Crippen LogP contribution in [0.15, 0.2) is 12.4 Å². The van der Waals surface area contributed by atoms with Crippen molar-refractivity contribution in [2.45, 2.75) is 19.3 Å². The van der Waals surface area contributed by atoms with Crippen LogP contribution in [0.2, 0.25) is 0 Å². The van der Waals surface area contributed by atoms with E-state index in [0.717, 1.165) is 19.4 Å². The first-order valence-corrected chi connectivity index (χ1v) is 7.04. The Morgan fingerprint density at radius 2 is 2.00 bits per heavy atom. The average molecular weight is 290 g/mol. The van der Waals surface area contributed by atoms with Gasteiger partial charge in [-0.3, -0.25) is 9.59 Å². The van der Waals surface area contributed by atoms with Crippen molar-refractivity contribution in [3.8, 4) is 5.75 Å². The van der Waals surface area contributed by atoms with Crippen LogP contribution in [0.3, 0.4) is 0 Å². The maximum atomic E-state index is 12.3. The number of methoxy groups -OCH3 is 1. The molecule has 0 bridgehead atoms. The van der Waals surface area contributed by atoms with Crippen LogP contribution in [0.25, 0.3) is 0 Å². The van der Waals surface area contributed by atoms with E-state index in [0.29, 0.717) is 25.3 Å². The van der Waals surface area contributed by atoms with Crippen molar-refractivity contribution >= 4 is 11.8 Å². The van der Waals surface area contributed by atoms with Gasteiger partial charge in [0.15, 0.2) is 5.75 Å². The highest BCUT2D eigenvalue weighted by atomic mass is 16.5. The Bertz CT molecular complexity index is 550. The van der Waals surface area contributed by atoms with E-state index < -0.39 is 0 Å². The van der Waals surface area contributed by atoms with Crippen molar-refractivity contribution in [1.82, 2.24) is 20.2 Å². The Morgan fingerprint density at radius 1 is 1.33 bits per heavy atom. The normalized spacial score (nSPS) is 20.4. The third-order valence-electron chi connectivity index (χ3n) is 4.36. The molecule has 1 aromatic rings. The minimum atomic E-state index is -0.162. The molecule has 0 atom stereocenters. The van der Waals surface area contributed by atoms with Gasteiger partial charge in [-0.2, -0.15) is 0 Å². The Morgan fingerprint density at radius 3 is 2.52 bits per heavy atom. The van der Waals surface area contributed by atoms with Gasteiger partial charge in [0.1, 0.15) is 0 Å². The average Bonchev–Trinajstić information content (AvgIpc) is 2.88. The molecule has 7 heteroatoms. The Hall–Kier alpha value is -2.18. The minimum Gasteiger partial charge on any atom is -0.494 e. The predicted octanol–water partition coefficient (Wildman–Crippen LogP) is 0.227. The molecule has 3 rings (SSSR count). The molecule has 0 saturated carbocycles. The lowest BCUT2D eigenvalue weighted by molar-refractivity contribution is -0.119. The largest absolute Gasteiger partial charge is 0.494 e. The summed E-state index contributed by atoms with van der Waals surface area (Å²) < 4.78 is 4.98. The first-order valence-electron chi connectivity index (χ1n) is 7.04. The number of piperidine rings is 1. The van der Waals surface area contributed by atoms with Gasteiger partial charge in [0, 0.05) is 26.1 Å². The molecule has 1 spiro atoms. The van der Waals surface area contributed by atoms with Crippen molar-refractivity contribution in [2.24, 2.45) is 5.41 Å². The molecule has 0 aromatic carbocycles. The zero-order chi connectivity index (χ0) is 14.9. The maximum absolute atomic E-state index is 12.3. The number of ether oxygens (including phenoxy) is 1. The molecular weight excluding hydrogens is 272 g/mol. The summed E-state index contributed by atoms with van der Waals surface area (Å²) in [6, 6.07) is 0. The molecule has 21 heavy (non-hydrogen) atoms. The Labute approximate surface area is 122 Å². The van der Waals surface area contributed by atoms with Crippen molar-refractivity contribution in [3.63, 3.8) is 0 Å². The highest BCUT2D eigenvalue weighted by molar-refractivity contribution is 5.90. The van der Waals surface area contributed by atoms with Crippen LogP contribution in [0.4, 0.5) is 0 Å². The molecule has 0 radical (unpaired) electrons. The van der Waals surface area contributed by atoms with E-state index in [4.69, 9.17) is 4.74 Å². The number of carbonyl (C=O) groups excluding carboxylic acids is 2. The van der Waals surface area contributed by atoms with E-state index in [1.54, 1.807) is 4.90 Å². The van der Waals surface area contributed by atoms with Crippen LogP contribution < -0.4 is 10.1 Å². The fourth-order valence-corrected chi connectivity index (χ4v) is 2.96. The summed E-state index contributed by atoms with van der Waals surface area (Å²) in [6.45, 7) is 2.01. The van der Waals surface area contributed by atoms with Crippen molar-refractivity contribution < 1.29 is 14.3 Å². The molecule has 2 aliphatic heterocycles. The van der Waals surface area contributed by atoms with E-state index in [1.165, 1.54) is 19.5 Å². The second-order valence-electron chi connectivity index (χ2n) is 5.69. The summed E-state index contributed by atoms with van der Waals surface area (Å²) in [7, 11) is 1.53. The molecule has 1 N–H and O–H groups in total. The predicted molar refractivity (Wildman–Crippen MR) is 73.8 cm³/mol. The number of rotatable bonds is 2.